The number of hydrogen-bond donors (Lipinski definition) is 2. The van der Waals surface area contributed by atoms with Gasteiger partial charge in [0.15, 0.2) is 0 Å². The Morgan fingerprint density at radius 2 is 1.75 bits per heavy atom. The molecule has 6 heteroatoms. The molecule has 0 fully saturated rings. The van der Waals surface area contributed by atoms with Gasteiger partial charge in [-0.25, -0.2) is 13.1 Å². The van der Waals surface area contributed by atoms with Gasteiger partial charge in [-0.2, -0.15) is 0 Å². The van der Waals surface area contributed by atoms with E-state index in [-0.39, 0.29) is 23.0 Å². The third kappa shape index (κ3) is 3.58. The summed E-state index contributed by atoms with van der Waals surface area (Å²) in [7, 11) is -3.66. The number of halogens is 1. The van der Waals surface area contributed by atoms with Gasteiger partial charge >= 0.3 is 0 Å². The number of hydrogen-bond acceptors (Lipinski definition) is 3. The summed E-state index contributed by atoms with van der Waals surface area (Å²) in [5.41, 5.74) is 7.11. The molecule has 0 atom stereocenters. The molecule has 0 aliphatic rings. The monoisotopic (exact) mass is 310 g/mol. The van der Waals surface area contributed by atoms with Crippen molar-refractivity contribution >= 4 is 21.6 Å². The third-order valence-electron chi connectivity index (χ3n) is 2.83. The Labute approximate surface area is 123 Å². The fourth-order valence-corrected chi connectivity index (χ4v) is 3.30. The molecule has 0 saturated heterocycles. The van der Waals surface area contributed by atoms with Crippen LogP contribution < -0.4 is 10.5 Å². The van der Waals surface area contributed by atoms with Gasteiger partial charge in [0.2, 0.25) is 10.0 Å². The molecule has 2 aromatic rings. The third-order valence-corrected chi connectivity index (χ3v) is 4.71. The van der Waals surface area contributed by atoms with Crippen LogP contribution in [0.3, 0.4) is 0 Å². The van der Waals surface area contributed by atoms with E-state index in [9.17, 15) is 8.42 Å². The van der Waals surface area contributed by atoms with Crippen LogP contribution in [0.2, 0.25) is 5.02 Å². The summed E-state index contributed by atoms with van der Waals surface area (Å²) < 4.78 is 27.0. The maximum atomic E-state index is 12.3. The average Bonchev–Trinajstić information content (AvgIpc) is 2.47. The topological polar surface area (TPSA) is 72.2 Å². The summed E-state index contributed by atoms with van der Waals surface area (Å²) in [4.78, 5) is 0.0537. The van der Waals surface area contributed by atoms with Crippen LogP contribution >= 0.6 is 11.6 Å². The minimum absolute atomic E-state index is 0.0537. The fourth-order valence-electron chi connectivity index (χ4n) is 1.73. The largest absolute Gasteiger partial charge is 0.326 e. The second-order valence-electron chi connectivity index (χ2n) is 4.28. The highest BCUT2D eigenvalue weighted by molar-refractivity contribution is 7.89. The van der Waals surface area contributed by atoms with E-state index in [1.165, 1.54) is 6.07 Å². The molecule has 0 bridgehead atoms. The zero-order valence-corrected chi connectivity index (χ0v) is 12.3. The smallest absolute Gasteiger partial charge is 0.242 e. The first-order valence-corrected chi connectivity index (χ1v) is 7.91. The summed E-state index contributed by atoms with van der Waals surface area (Å²) in [6.45, 7) is 0.477. The van der Waals surface area contributed by atoms with E-state index in [4.69, 9.17) is 17.3 Å². The highest BCUT2D eigenvalue weighted by Gasteiger charge is 2.18. The van der Waals surface area contributed by atoms with Crippen LogP contribution in [0.4, 0.5) is 0 Å². The molecule has 0 amide bonds. The summed E-state index contributed by atoms with van der Waals surface area (Å²) in [5, 5.41) is 0.183. The number of rotatable bonds is 5. The van der Waals surface area contributed by atoms with Crippen LogP contribution in [0.25, 0.3) is 0 Å². The Hall–Kier alpha value is -1.40. The van der Waals surface area contributed by atoms with Gasteiger partial charge in [0, 0.05) is 13.1 Å². The maximum Gasteiger partial charge on any atom is 0.242 e. The van der Waals surface area contributed by atoms with Crippen molar-refractivity contribution in [2.75, 3.05) is 0 Å². The first-order valence-electron chi connectivity index (χ1n) is 6.05. The lowest BCUT2D eigenvalue weighted by atomic mass is 10.2. The van der Waals surface area contributed by atoms with E-state index in [0.717, 1.165) is 11.1 Å². The quantitative estimate of drug-likeness (QED) is 0.890. The van der Waals surface area contributed by atoms with Crippen molar-refractivity contribution in [1.82, 2.24) is 4.72 Å². The van der Waals surface area contributed by atoms with Crippen molar-refractivity contribution in [1.29, 1.82) is 0 Å². The Kier molecular flexibility index (Phi) is 4.77. The summed E-state index contributed by atoms with van der Waals surface area (Å²) in [6, 6.07) is 14.0. The SMILES string of the molecule is NCc1ccc(Cl)c(S(=O)(=O)NCc2ccccc2)c1. The van der Waals surface area contributed by atoms with Gasteiger partial charge in [0.05, 0.1) is 5.02 Å². The summed E-state index contributed by atoms with van der Waals surface area (Å²) in [5.74, 6) is 0. The van der Waals surface area contributed by atoms with Crippen LogP contribution in [0.1, 0.15) is 11.1 Å². The molecule has 0 unspecified atom stereocenters. The van der Waals surface area contributed by atoms with Crippen molar-refractivity contribution in [2.45, 2.75) is 18.0 Å². The highest BCUT2D eigenvalue weighted by atomic mass is 35.5. The fraction of sp³-hybridized carbons (Fsp3) is 0.143. The predicted molar refractivity (Wildman–Crippen MR) is 79.8 cm³/mol. The molecule has 3 N–H and O–H groups in total. The molecule has 0 radical (unpaired) electrons. The average molecular weight is 311 g/mol. The molecule has 0 spiro atoms. The number of sulfonamides is 1. The van der Waals surface area contributed by atoms with Gasteiger partial charge < -0.3 is 5.73 Å². The zero-order chi connectivity index (χ0) is 14.6. The summed E-state index contributed by atoms with van der Waals surface area (Å²) in [6.07, 6.45) is 0. The zero-order valence-electron chi connectivity index (χ0n) is 10.7. The molecular weight excluding hydrogens is 296 g/mol. The van der Waals surface area contributed by atoms with E-state index < -0.39 is 10.0 Å². The molecule has 0 saturated carbocycles. The van der Waals surface area contributed by atoms with Crippen molar-refractivity contribution in [3.8, 4) is 0 Å². The second-order valence-corrected chi connectivity index (χ2v) is 6.42. The van der Waals surface area contributed by atoms with E-state index in [1.54, 1.807) is 12.1 Å². The van der Waals surface area contributed by atoms with Gasteiger partial charge in [-0.1, -0.05) is 48.0 Å². The molecule has 20 heavy (non-hydrogen) atoms. The van der Waals surface area contributed by atoms with E-state index >= 15 is 0 Å². The minimum atomic E-state index is -3.66. The molecular formula is C14H15ClN2O2S. The van der Waals surface area contributed by atoms with E-state index in [2.05, 4.69) is 4.72 Å². The lowest BCUT2D eigenvalue weighted by Crippen LogP contribution is -2.23. The van der Waals surface area contributed by atoms with Crippen LogP contribution in [0.5, 0.6) is 0 Å². The molecule has 2 aromatic carbocycles. The molecule has 0 aliphatic carbocycles. The van der Waals surface area contributed by atoms with Crippen molar-refractivity contribution in [3.63, 3.8) is 0 Å². The van der Waals surface area contributed by atoms with Gasteiger partial charge in [0.1, 0.15) is 4.90 Å². The maximum absolute atomic E-state index is 12.3. The van der Waals surface area contributed by atoms with Crippen LogP contribution in [0, 0.1) is 0 Å². The molecule has 106 valence electrons. The highest BCUT2D eigenvalue weighted by Crippen LogP contribution is 2.22. The van der Waals surface area contributed by atoms with Gasteiger partial charge in [-0.05, 0) is 23.3 Å². The minimum Gasteiger partial charge on any atom is -0.326 e. The standard InChI is InChI=1S/C14H15ClN2O2S/c15-13-7-6-12(9-16)8-14(13)20(18,19)17-10-11-4-2-1-3-5-11/h1-8,17H,9-10,16H2. The molecule has 0 aromatic heterocycles. The Bertz CT molecular complexity index is 688. The van der Waals surface area contributed by atoms with Crippen LogP contribution in [0.15, 0.2) is 53.4 Å². The van der Waals surface area contributed by atoms with E-state index in [1.807, 2.05) is 30.3 Å². The Morgan fingerprint density at radius 1 is 1.05 bits per heavy atom. The van der Waals surface area contributed by atoms with Crippen LogP contribution in [-0.4, -0.2) is 8.42 Å². The lowest BCUT2D eigenvalue weighted by molar-refractivity contribution is 0.581. The molecule has 0 aliphatic heterocycles. The lowest BCUT2D eigenvalue weighted by Gasteiger charge is -2.09. The summed E-state index contributed by atoms with van der Waals surface area (Å²) >= 11 is 5.96. The molecule has 4 nitrogen and oxygen atoms in total. The number of benzene rings is 2. The second kappa shape index (κ2) is 6.37. The van der Waals surface area contributed by atoms with E-state index in [0.29, 0.717) is 0 Å². The van der Waals surface area contributed by atoms with Crippen molar-refractivity contribution in [3.05, 3.63) is 64.7 Å². The normalized spacial score (nSPS) is 11.5. The molecule has 0 heterocycles. The Morgan fingerprint density at radius 3 is 2.40 bits per heavy atom. The van der Waals surface area contributed by atoms with Gasteiger partial charge in [-0.3, -0.25) is 0 Å². The van der Waals surface area contributed by atoms with Gasteiger partial charge in [-0.15, -0.1) is 0 Å². The van der Waals surface area contributed by atoms with Crippen molar-refractivity contribution < 1.29 is 8.42 Å². The Balaban J connectivity index is 2.22. The molecule has 2 rings (SSSR count). The van der Waals surface area contributed by atoms with Gasteiger partial charge in [0.25, 0.3) is 0 Å². The number of nitrogens with one attached hydrogen (secondary N) is 1. The van der Waals surface area contributed by atoms with Crippen molar-refractivity contribution in [2.24, 2.45) is 5.73 Å². The first kappa shape index (κ1) is 15.0. The van der Waals surface area contributed by atoms with Crippen LogP contribution in [-0.2, 0) is 23.1 Å². The predicted octanol–water partition coefficient (Wildman–Crippen LogP) is 2.28. The number of nitrogens with two attached hydrogens (primary N) is 1. The first-order chi connectivity index (χ1) is 9.53.